The van der Waals surface area contributed by atoms with Gasteiger partial charge < -0.3 is 20.3 Å². The van der Waals surface area contributed by atoms with E-state index in [9.17, 15) is 9.59 Å². The van der Waals surface area contributed by atoms with Crippen molar-refractivity contribution in [3.05, 3.63) is 35.9 Å². The van der Waals surface area contributed by atoms with Gasteiger partial charge in [-0.1, -0.05) is 30.3 Å². The number of carbonyl (C=O) groups is 2. The van der Waals surface area contributed by atoms with Gasteiger partial charge in [-0.15, -0.1) is 0 Å². The number of carbonyl (C=O) groups excluding carboxylic acids is 2. The number of nitrogens with zero attached hydrogens (tertiary/aromatic N) is 2. The number of rotatable bonds is 3. The fraction of sp³-hybridized carbons (Fsp3) is 0.467. The second kappa shape index (κ2) is 7.08. The Bertz CT molecular complexity index is 492. The predicted molar refractivity (Wildman–Crippen MR) is 78.4 cm³/mol. The number of benzene rings is 1. The molecular weight excluding hydrogens is 270 g/mol. The lowest BCUT2D eigenvalue weighted by molar-refractivity contribution is -0.133. The maximum atomic E-state index is 12.0. The van der Waals surface area contributed by atoms with Crippen LogP contribution in [0.3, 0.4) is 0 Å². The van der Waals surface area contributed by atoms with Crippen LogP contribution >= 0.6 is 0 Å². The van der Waals surface area contributed by atoms with Crippen LogP contribution in [-0.2, 0) is 16.1 Å². The summed E-state index contributed by atoms with van der Waals surface area (Å²) < 4.78 is 5.30. The zero-order valence-corrected chi connectivity index (χ0v) is 12.2. The van der Waals surface area contributed by atoms with Crippen molar-refractivity contribution in [3.8, 4) is 0 Å². The molecule has 0 saturated carbocycles. The van der Waals surface area contributed by atoms with Crippen LogP contribution in [0.4, 0.5) is 4.79 Å². The Labute approximate surface area is 124 Å². The van der Waals surface area contributed by atoms with Crippen LogP contribution in [0, 0.1) is 0 Å². The molecule has 1 fully saturated rings. The molecule has 1 aromatic carbocycles. The summed E-state index contributed by atoms with van der Waals surface area (Å²) in [5.41, 5.74) is 6.33. The van der Waals surface area contributed by atoms with E-state index in [1.165, 1.54) is 0 Å². The molecule has 0 unspecified atom stereocenters. The topological polar surface area (TPSA) is 75.9 Å². The monoisotopic (exact) mass is 291 g/mol. The summed E-state index contributed by atoms with van der Waals surface area (Å²) in [4.78, 5) is 27.0. The molecule has 0 bridgehead atoms. The normalized spacial score (nSPS) is 18.5. The van der Waals surface area contributed by atoms with Crippen molar-refractivity contribution in [2.45, 2.75) is 19.6 Å². The predicted octanol–water partition coefficient (Wildman–Crippen LogP) is 0.815. The van der Waals surface area contributed by atoms with E-state index < -0.39 is 0 Å². The molecule has 1 saturated heterocycles. The summed E-state index contributed by atoms with van der Waals surface area (Å²) in [5.74, 6) is -0.0835. The highest BCUT2D eigenvalue weighted by atomic mass is 16.6. The van der Waals surface area contributed by atoms with Crippen molar-refractivity contribution in [2.75, 3.05) is 26.2 Å². The first-order valence-corrected chi connectivity index (χ1v) is 7.07. The van der Waals surface area contributed by atoms with E-state index in [1.807, 2.05) is 37.3 Å². The lowest BCUT2D eigenvalue weighted by Gasteiger charge is -2.39. The van der Waals surface area contributed by atoms with Gasteiger partial charge in [-0.3, -0.25) is 4.79 Å². The van der Waals surface area contributed by atoms with Gasteiger partial charge in [0.05, 0.1) is 6.54 Å². The Kier molecular flexibility index (Phi) is 5.16. The van der Waals surface area contributed by atoms with Crippen LogP contribution in [0.15, 0.2) is 30.3 Å². The highest BCUT2D eigenvalue weighted by Crippen LogP contribution is 2.11. The zero-order valence-electron chi connectivity index (χ0n) is 12.2. The third kappa shape index (κ3) is 3.95. The molecule has 0 aliphatic carbocycles. The number of hydrogen-bond donors (Lipinski definition) is 1. The van der Waals surface area contributed by atoms with E-state index in [4.69, 9.17) is 10.5 Å². The minimum Gasteiger partial charge on any atom is -0.445 e. The number of nitrogens with two attached hydrogens (primary N) is 1. The van der Waals surface area contributed by atoms with Crippen LogP contribution in [0.1, 0.15) is 12.5 Å². The number of ether oxygens (including phenoxy) is 1. The van der Waals surface area contributed by atoms with E-state index in [2.05, 4.69) is 0 Å². The van der Waals surface area contributed by atoms with Gasteiger partial charge in [0.15, 0.2) is 0 Å². The van der Waals surface area contributed by atoms with Crippen molar-refractivity contribution in [1.29, 1.82) is 0 Å². The molecule has 0 radical (unpaired) electrons. The Morgan fingerprint density at radius 3 is 2.62 bits per heavy atom. The quantitative estimate of drug-likeness (QED) is 0.894. The minimum absolute atomic E-state index is 0.00277. The molecule has 1 heterocycles. The molecule has 114 valence electrons. The molecule has 2 N–H and O–H groups in total. The first-order chi connectivity index (χ1) is 10.1. The molecule has 21 heavy (non-hydrogen) atoms. The van der Waals surface area contributed by atoms with E-state index in [-0.39, 0.29) is 31.2 Å². The molecule has 6 nitrogen and oxygen atoms in total. The molecule has 1 aliphatic rings. The van der Waals surface area contributed by atoms with E-state index in [0.717, 1.165) is 5.56 Å². The number of piperazine rings is 1. The smallest absolute Gasteiger partial charge is 0.410 e. The lowest BCUT2D eigenvalue weighted by atomic mass is 10.2. The highest BCUT2D eigenvalue weighted by molar-refractivity contribution is 5.78. The van der Waals surface area contributed by atoms with Crippen molar-refractivity contribution in [1.82, 2.24) is 9.80 Å². The largest absolute Gasteiger partial charge is 0.445 e. The lowest BCUT2D eigenvalue weighted by Crippen LogP contribution is -2.56. The molecule has 0 aromatic heterocycles. The van der Waals surface area contributed by atoms with Gasteiger partial charge in [-0.2, -0.15) is 0 Å². The maximum Gasteiger partial charge on any atom is 0.410 e. The van der Waals surface area contributed by atoms with Crippen molar-refractivity contribution in [3.63, 3.8) is 0 Å². The molecular formula is C15H21N3O3. The van der Waals surface area contributed by atoms with Crippen LogP contribution < -0.4 is 5.73 Å². The molecule has 0 spiro atoms. The van der Waals surface area contributed by atoms with E-state index in [1.54, 1.807) is 9.80 Å². The summed E-state index contributed by atoms with van der Waals surface area (Å²) in [6.07, 6.45) is -0.342. The Morgan fingerprint density at radius 2 is 2.00 bits per heavy atom. The number of amides is 2. The first-order valence-electron chi connectivity index (χ1n) is 7.07. The molecule has 1 atom stereocenters. The summed E-state index contributed by atoms with van der Waals surface area (Å²) in [6.45, 7) is 3.61. The molecule has 1 aromatic rings. The third-order valence-electron chi connectivity index (χ3n) is 3.59. The SMILES string of the molecule is C[C@@H]1CN(C(=O)OCc2ccccc2)CCN1C(=O)CN. The zero-order chi connectivity index (χ0) is 15.2. The van der Waals surface area contributed by atoms with Crippen molar-refractivity contribution >= 4 is 12.0 Å². The van der Waals surface area contributed by atoms with Gasteiger partial charge in [0.25, 0.3) is 0 Å². The Hall–Kier alpha value is -2.08. The minimum atomic E-state index is -0.342. The van der Waals surface area contributed by atoms with Crippen LogP contribution in [0.5, 0.6) is 0 Å². The summed E-state index contributed by atoms with van der Waals surface area (Å²) in [5, 5.41) is 0. The van der Waals surface area contributed by atoms with Crippen LogP contribution in [0.2, 0.25) is 0 Å². The van der Waals surface area contributed by atoms with Crippen molar-refractivity contribution < 1.29 is 14.3 Å². The molecule has 6 heteroatoms. The van der Waals surface area contributed by atoms with Gasteiger partial charge in [0.1, 0.15) is 6.61 Å². The van der Waals surface area contributed by atoms with Gasteiger partial charge in [0, 0.05) is 25.7 Å². The second-order valence-electron chi connectivity index (χ2n) is 5.13. The van der Waals surface area contributed by atoms with Crippen LogP contribution in [0.25, 0.3) is 0 Å². The van der Waals surface area contributed by atoms with Gasteiger partial charge >= 0.3 is 6.09 Å². The Morgan fingerprint density at radius 1 is 1.29 bits per heavy atom. The fourth-order valence-electron chi connectivity index (χ4n) is 2.42. The van der Waals surface area contributed by atoms with E-state index >= 15 is 0 Å². The van der Waals surface area contributed by atoms with Crippen LogP contribution in [-0.4, -0.2) is 54.0 Å². The van der Waals surface area contributed by atoms with Gasteiger partial charge in [0.2, 0.25) is 5.91 Å². The van der Waals surface area contributed by atoms with E-state index in [0.29, 0.717) is 19.6 Å². The first kappa shape index (κ1) is 15.3. The highest BCUT2D eigenvalue weighted by Gasteiger charge is 2.29. The van der Waals surface area contributed by atoms with Crippen molar-refractivity contribution in [2.24, 2.45) is 5.73 Å². The van der Waals surface area contributed by atoms with Gasteiger partial charge in [-0.25, -0.2) is 4.79 Å². The summed E-state index contributed by atoms with van der Waals surface area (Å²) >= 11 is 0. The number of hydrogen-bond acceptors (Lipinski definition) is 4. The summed E-state index contributed by atoms with van der Waals surface area (Å²) in [6, 6.07) is 9.51. The second-order valence-corrected chi connectivity index (χ2v) is 5.13. The standard InChI is InChI=1S/C15H21N3O3/c1-12-10-17(7-8-18(12)14(19)9-16)15(20)21-11-13-5-3-2-4-6-13/h2-6,12H,7-11,16H2,1H3/t12-/m1/s1. The maximum absolute atomic E-state index is 12.0. The van der Waals surface area contributed by atoms with Gasteiger partial charge in [-0.05, 0) is 12.5 Å². The molecule has 1 aliphatic heterocycles. The molecule has 2 rings (SSSR count). The average Bonchev–Trinajstić information content (AvgIpc) is 2.52. The fourth-order valence-corrected chi connectivity index (χ4v) is 2.42. The average molecular weight is 291 g/mol. The summed E-state index contributed by atoms with van der Waals surface area (Å²) in [7, 11) is 0. The molecule has 2 amide bonds. The Balaban J connectivity index is 1.83. The third-order valence-corrected chi connectivity index (χ3v) is 3.59.